The number of anilines is 1. The first-order valence-corrected chi connectivity index (χ1v) is 5.97. The second-order valence-electron chi connectivity index (χ2n) is 4.42. The Morgan fingerprint density at radius 2 is 1.84 bits per heavy atom. The van der Waals surface area contributed by atoms with Crippen molar-refractivity contribution >= 4 is 23.6 Å². The summed E-state index contributed by atoms with van der Waals surface area (Å²) in [5.74, 6) is -1.89. The van der Waals surface area contributed by atoms with Crippen molar-refractivity contribution < 1.29 is 14.7 Å². The predicted molar refractivity (Wildman–Crippen MR) is 74.3 cm³/mol. The van der Waals surface area contributed by atoms with E-state index in [0.717, 1.165) is 5.56 Å². The van der Waals surface area contributed by atoms with Crippen LogP contribution in [0.3, 0.4) is 0 Å². The molecular weight excluding hydrogens is 244 g/mol. The zero-order valence-electron chi connectivity index (χ0n) is 11.0. The van der Waals surface area contributed by atoms with E-state index in [1.165, 1.54) is 6.08 Å². The van der Waals surface area contributed by atoms with Crippen molar-refractivity contribution in [2.45, 2.75) is 19.9 Å². The fourth-order valence-electron chi connectivity index (χ4n) is 1.39. The van der Waals surface area contributed by atoms with Gasteiger partial charge < -0.3 is 16.2 Å². The van der Waals surface area contributed by atoms with E-state index in [4.69, 9.17) is 10.8 Å². The number of nitrogens with two attached hydrogens (primary N) is 1. The maximum atomic E-state index is 11.6. The molecule has 0 aromatic heterocycles. The molecule has 0 fully saturated rings. The summed E-state index contributed by atoms with van der Waals surface area (Å²) < 4.78 is 0. The molecule has 5 heteroatoms. The summed E-state index contributed by atoms with van der Waals surface area (Å²) in [6, 6.07) is 6.64. The number of benzene rings is 1. The standard InChI is InChI=1S/C14H18N2O3/c1-9(14(18)19)10(2)16-13(17)8-5-11-3-6-12(15)7-4-11/h3-10H,15H2,1-2H3,(H,16,17)(H,18,19)/b8-5+. The number of nitrogen functional groups attached to an aromatic ring is 1. The molecule has 0 aliphatic rings. The van der Waals surface area contributed by atoms with Crippen molar-refractivity contribution in [2.24, 2.45) is 5.92 Å². The van der Waals surface area contributed by atoms with Gasteiger partial charge in [0.05, 0.1) is 5.92 Å². The van der Waals surface area contributed by atoms with Gasteiger partial charge >= 0.3 is 5.97 Å². The molecule has 2 unspecified atom stereocenters. The minimum absolute atomic E-state index is 0.322. The van der Waals surface area contributed by atoms with Crippen LogP contribution in [0.5, 0.6) is 0 Å². The lowest BCUT2D eigenvalue weighted by Crippen LogP contribution is -2.39. The third-order valence-corrected chi connectivity index (χ3v) is 2.87. The Kier molecular flexibility index (Phi) is 5.11. The molecule has 0 radical (unpaired) electrons. The van der Waals surface area contributed by atoms with Crippen molar-refractivity contribution in [3.8, 4) is 0 Å². The maximum absolute atomic E-state index is 11.6. The number of aliphatic carboxylic acids is 1. The first-order chi connectivity index (χ1) is 8.90. The number of carbonyl (C=O) groups excluding carboxylic acids is 1. The summed E-state index contributed by atoms with van der Waals surface area (Å²) in [5.41, 5.74) is 7.06. The predicted octanol–water partition coefficient (Wildman–Crippen LogP) is 1.51. The fraction of sp³-hybridized carbons (Fsp3) is 0.286. The van der Waals surface area contributed by atoms with Crippen LogP contribution in [0, 0.1) is 5.92 Å². The highest BCUT2D eigenvalue weighted by molar-refractivity contribution is 5.92. The molecule has 19 heavy (non-hydrogen) atoms. The fourth-order valence-corrected chi connectivity index (χ4v) is 1.39. The molecule has 2 atom stereocenters. The Morgan fingerprint density at radius 1 is 1.26 bits per heavy atom. The van der Waals surface area contributed by atoms with E-state index in [0.29, 0.717) is 5.69 Å². The van der Waals surface area contributed by atoms with Gasteiger partial charge in [-0.1, -0.05) is 12.1 Å². The van der Waals surface area contributed by atoms with E-state index in [-0.39, 0.29) is 5.91 Å². The summed E-state index contributed by atoms with van der Waals surface area (Å²) in [4.78, 5) is 22.4. The third-order valence-electron chi connectivity index (χ3n) is 2.87. The monoisotopic (exact) mass is 262 g/mol. The normalized spacial score (nSPS) is 14.0. The summed E-state index contributed by atoms with van der Waals surface area (Å²) >= 11 is 0. The van der Waals surface area contributed by atoms with E-state index < -0.39 is 17.9 Å². The highest BCUT2D eigenvalue weighted by Gasteiger charge is 2.19. The van der Waals surface area contributed by atoms with Gasteiger partial charge in [0.2, 0.25) is 5.91 Å². The average Bonchev–Trinajstić information content (AvgIpc) is 2.37. The molecule has 0 bridgehead atoms. The highest BCUT2D eigenvalue weighted by atomic mass is 16.4. The highest BCUT2D eigenvalue weighted by Crippen LogP contribution is 2.07. The second kappa shape index (κ2) is 6.58. The summed E-state index contributed by atoms with van der Waals surface area (Å²) in [5, 5.41) is 11.4. The topological polar surface area (TPSA) is 92.4 Å². The van der Waals surface area contributed by atoms with Crippen LogP contribution in [0.2, 0.25) is 0 Å². The Morgan fingerprint density at radius 3 is 2.37 bits per heavy atom. The van der Waals surface area contributed by atoms with Crippen LogP contribution in [-0.2, 0) is 9.59 Å². The molecule has 1 aromatic rings. The minimum Gasteiger partial charge on any atom is -0.481 e. The lowest BCUT2D eigenvalue weighted by Gasteiger charge is -2.16. The Labute approximate surface area is 112 Å². The van der Waals surface area contributed by atoms with Gasteiger partial charge in [-0.05, 0) is 37.6 Å². The molecule has 5 nitrogen and oxygen atoms in total. The number of carbonyl (C=O) groups is 2. The number of carboxylic acid groups (broad SMARTS) is 1. The zero-order chi connectivity index (χ0) is 14.4. The molecule has 1 rings (SSSR count). The van der Waals surface area contributed by atoms with Gasteiger partial charge in [-0.2, -0.15) is 0 Å². The third kappa shape index (κ3) is 4.83. The zero-order valence-corrected chi connectivity index (χ0v) is 11.0. The quantitative estimate of drug-likeness (QED) is 0.554. The van der Waals surface area contributed by atoms with Crippen LogP contribution in [0.15, 0.2) is 30.3 Å². The number of nitrogens with one attached hydrogen (secondary N) is 1. The molecule has 102 valence electrons. The van der Waals surface area contributed by atoms with E-state index in [2.05, 4.69) is 5.32 Å². The molecule has 0 aliphatic heterocycles. The number of hydrogen-bond acceptors (Lipinski definition) is 3. The van der Waals surface area contributed by atoms with Crippen molar-refractivity contribution in [1.82, 2.24) is 5.32 Å². The number of rotatable bonds is 5. The Balaban J connectivity index is 2.55. The van der Waals surface area contributed by atoms with Crippen LogP contribution in [-0.4, -0.2) is 23.0 Å². The molecule has 1 aromatic carbocycles. The molecule has 0 heterocycles. The summed E-state index contributed by atoms with van der Waals surface area (Å²) in [6.45, 7) is 3.21. The number of amides is 1. The van der Waals surface area contributed by atoms with E-state index in [1.54, 1.807) is 44.2 Å². The molecular formula is C14H18N2O3. The summed E-state index contributed by atoms with van der Waals surface area (Å²) in [7, 11) is 0. The Bertz CT molecular complexity index is 480. The lowest BCUT2D eigenvalue weighted by atomic mass is 10.0. The van der Waals surface area contributed by atoms with Crippen molar-refractivity contribution in [1.29, 1.82) is 0 Å². The average molecular weight is 262 g/mol. The first-order valence-electron chi connectivity index (χ1n) is 5.97. The first kappa shape index (κ1) is 14.8. The van der Waals surface area contributed by atoms with Crippen LogP contribution < -0.4 is 11.1 Å². The summed E-state index contributed by atoms with van der Waals surface area (Å²) in [6.07, 6.45) is 3.02. The van der Waals surface area contributed by atoms with Crippen molar-refractivity contribution in [3.05, 3.63) is 35.9 Å². The lowest BCUT2D eigenvalue weighted by molar-refractivity contribution is -0.142. The largest absolute Gasteiger partial charge is 0.481 e. The maximum Gasteiger partial charge on any atom is 0.308 e. The van der Waals surface area contributed by atoms with Crippen LogP contribution in [0.4, 0.5) is 5.69 Å². The molecule has 1 amide bonds. The molecule has 0 saturated heterocycles. The number of carboxylic acids is 1. The van der Waals surface area contributed by atoms with E-state index >= 15 is 0 Å². The molecule has 0 spiro atoms. The molecule has 4 N–H and O–H groups in total. The minimum atomic E-state index is -0.935. The van der Waals surface area contributed by atoms with Gasteiger partial charge in [0.25, 0.3) is 0 Å². The van der Waals surface area contributed by atoms with E-state index in [1.807, 2.05) is 0 Å². The van der Waals surface area contributed by atoms with E-state index in [9.17, 15) is 9.59 Å². The van der Waals surface area contributed by atoms with Gasteiger partial charge in [-0.25, -0.2) is 0 Å². The molecule has 0 aliphatic carbocycles. The van der Waals surface area contributed by atoms with Gasteiger partial charge in [0.1, 0.15) is 0 Å². The van der Waals surface area contributed by atoms with Crippen LogP contribution in [0.1, 0.15) is 19.4 Å². The van der Waals surface area contributed by atoms with Gasteiger partial charge in [0.15, 0.2) is 0 Å². The van der Waals surface area contributed by atoms with Gasteiger partial charge in [-0.3, -0.25) is 9.59 Å². The smallest absolute Gasteiger partial charge is 0.308 e. The number of hydrogen-bond donors (Lipinski definition) is 3. The van der Waals surface area contributed by atoms with Crippen molar-refractivity contribution in [2.75, 3.05) is 5.73 Å². The Hall–Kier alpha value is -2.30. The second-order valence-corrected chi connectivity index (χ2v) is 4.42. The van der Waals surface area contributed by atoms with Crippen LogP contribution >= 0.6 is 0 Å². The van der Waals surface area contributed by atoms with Gasteiger partial charge in [0, 0.05) is 17.8 Å². The SMILES string of the molecule is CC(NC(=O)/C=C/c1ccc(N)cc1)C(C)C(=O)O. The van der Waals surface area contributed by atoms with Crippen molar-refractivity contribution in [3.63, 3.8) is 0 Å². The van der Waals surface area contributed by atoms with Gasteiger partial charge in [-0.15, -0.1) is 0 Å². The van der Waals surface area contributed by atoms with Crippen LogP contribution in [0.25, 0.3) is 6.08 Å². The molecule has 0 saturated carbocycles.